The van der Waals surface area contributed by atoms with Crippen molar-refractivity contribution in [1.29, 1.82) is 5.41 Å². The Morgan fingerprint density at radius 1 is 0.875 bits per heavy atom. The van der Waals surface area contributed by atoms with Crippen molar-refractivity contribution in [2.45, 2.75) is 122 Å². The molecule has 1 aromatic heterocycles. The second kappa shape index (κ2) is 24.0. The summed E-state index contributed by atoms with van der Waals surface area (Å²) in [4.78, 5) is 82.7. The minimum Gasteiger partial charge on any atom is -0.457 e. The average Bonchev–Trinajstić information content (AvgIpc) is 3.58. The minimum atomic E-state index is -1.85. The molecule has 3 aromatic rings. The highest BCUT2D eigenvalue weighted by Gasteiger charge is 2.67. The molecule has 2 aromatic carbocycles. The van der Waals surface area contributed by atoms with E-state index < -0.39 is 120 Å². The second-order valence-electron chi connectivity index (χ2n) is 19.9. The monoisotopic (exact) mass is 1030 g/mol. The first kappa shape index (κ1) is 56.7. The number of halogens is 1. The van der Waals surface area contributed by atoms with Crippen molar-refractivity contribution < 1.29 is 72.5 Å². The Bertz CT molecular complexity index is 2410. The first-order valence-corrected chi connectivity index (χ1v) is 24.2. The lowest BCUT2D eigenvalue weighted by molar-refractivity contribution is -0.139. The number of benzene rings is 2. The van der Waals surface area contributed by atoms with Crippen LogP contribution in [0.4, 0.5) is 14.0 Å². The summed E-state index contributed by atoms with van der Waals surface area (Å²) in [5.74, 6) is -2.04. The number of amides is 6. The Kier molecular flexibility index (Phi) is 18.9. The van der Waals surface area contributed by atoms with E-state index >= 15 is 0 Å². The van der Waals surface area contributed by atoms with Crippen LogP contribution in [0.3, 0.4) is 0 Å². The first-order chi connectivity index (χ1) is 33.6. The first-order valence-electron chi connectivity index (χ1n) is 23.3. The fraction of sp³-hybridized carbons (Fsp3) is 0.531. The highest BCUT2D eigenvalue weighted by Crippen LogP contribution is 2.59. The summed E-state index contributed by atoms with van der Waals surface area (Å²) >= 11 is 1.26. The number of amidine groups is 1. The Morgan fingerprint density at radius 3 is 2.11 bits per heavy atom. The summed E-state index contributed by atoms with van der Waals surface area (Å²) in [6.45, 7) is 11.2. The van der Waals surface area contributed by atoms with Crippen molar-refractivity contribution in [2.24, 2.45) is 5.41 Å². The van der Waals surface area contributed by atoms with E-state index in [1.54, 1.807) is 72.0 Å². The van der Waals surface area contributed by atoms with E-state index in [9.17, 15) is 53.6 Å². The van der Waals surface area contributed by atoms with Gasteiger partial charge >= 0.3 is 12.2 Å². The number of nitrogens with one attached hydrogen (secondary N) is 5. The molecule has 0 spiro atoms. The van der Waals surface area contributed by atoms with Gasteiger partial charge in [0.25, 0.3) is 5.91 Å². The number of hydrogen-bond donors (Lipinski definition) is 9. The van der Waals surface area contributed by atoms with Gasteiger partial charge in [0.1, 0.15) is 65.3 Å². The van der Waals surface area contributed by atoms with E-state index in [0.717, 1.165) is 4.90 Å². The zero-order chi connectivity index (χ0) is 53.3. The molecule has 1 saturated carbocycles. The standard InChI is InChI=1S/C49H66FN7O14S/c1-27(36-19-30(25-72-36)42(51)55-45(66)70-47(3,4)5)54-44(65)34-20-49(26-68-18-17-52-38(60)24-56(46(67)71-48(6,7)8)23-35(59)41(63)40(62)28(2)58)21-37(49)57(34)39(61)22-53-43(64)29-9-13-32(14-10-29)69-33-15-11-31(50)12-16-33/h9-16,19,25,27-28,34-35,37,40-41,58-59,62-63H,17-18,20-24,26H2,1-8H3,(H,52,60)(H,53,64)(H,54,65)(H2,51,55,66)/t27-,28+,34+,35+,37+,40+,41+,49-/m1/s1. The van der Waals surface area contributed by atoms with E-state index in [1.165, 1.54) is 59.6 Å². The number of likely N-dealkylation sites (tertiary alicyclic amines) is 1. The maximum absolute atomic E-state index is 14.1. The third-order valence-electron chi connectivity index (χ3n) is 11.5. The van der Waals surface area contributed by atoms with Gasteiger partial charge in [0.05, 0.1) is 38.4 Å². The van der Waals surface area contributed by atoms with Crippen LogP contribution in [0, 0.1) is 16.6 Å². The highest BCUT2D eigenvalue weighted by molar-refractivity contribution is 7.10. The zero-order valence-corrected chi connectivity index (χ0v) is 42.3. The predicted molar refractivity (Wildman–Crippen MR) is 260 cm³/mol. The van der Waals surface area contributed by atoms with Crippen molar-refractivity contribution in [3.05, 3.63) is 81.8 Å². The van der Waals surface area contributed by atoms with Crippen molar-refractivity contribution in [1.82, 2.24) is 31.1 Å². The number of thiophene rings is 1. The molecule has 1 saturated heterocycles. The number of hydrogen-bond acceptors (Lipinski definition) is 16. The molecule has 21 nitrogen and oxygen atoms in total. The van der Waals surface area contributed by atoms with Gasteiger partial charge in [-0.3, -0.25) is 34.8 Å². The van der Waals surface area contributed by atoms with Crippen molar-refractivity contribution in [3.63, 3.8) is 0 Å². The molecule has 2 aliphatic rings. The van der Waals surface area contributed by atoms with Crippen LogP contribution >= 0.6 is 11.3 Å². The van der Waals surface area contributed by atoms with E-state index in [2.05, 4.69) is 21.3 Å². The van der Waals surface area contributed by atoms with Crippen molar-refractivity contribution >= 4 is 53.0 Å². The Morgan fingerprint density at radius 2 is 1.50 bits per heavy atom. The number of rotatable bonds is 21. The Balaban J connectivity index is 1.21. The van der Waals surface area contributed by atoms with Gasteiger partial charge < -0.3 is 60.2 Å². The van der Waals surface area contributed by atoms with Gasteiger partial charge in [-0.25, -0.2) is 14.0 Å². The average molecular weight is 1030 g/mol. The van der Waals surface area contributed by atoms with Crippen LogP contribution < -0.4 is 26.0 Å². The summed E-state index contributed by atoms with van der Waals surface area (Å²) in [7, 11) is 0. The minimum absolute atomic E-state index is 0.0152. The van der Waals surface area contributed by atoms with Gasteiger partial charge in [0.2, 0.25) is 17.7 Å². The zero-order valence-electron chi connectivity index (χ0n) is 41.5. The molecule has 9 N–H and O–H groups in total. The molecule has 1 aliphatic heterocycles. The fourth-order valence-corrected chi connectivity index (χ4v) is 8.70. The lowest BCUT2D eigenvalue weighted by Crippen LogP contribution is -2.52. The Labute approximate surface area is 420 Å². The van der Waals surface area contributed by atoms with Crippen LogP contribution in [0.2, 0.25) is 0 Å². The van der Waals surface area contributed by atoms with Crippen molar-refractivity contribution in [3.8, 4) is 11.5 Å². The maximum atomic E-state index is 14.1. The van der Waals surface area contributed by atoms with Crippen LogP contribution in [-0.4, -0.2) is 159 Å². The molecule has 23 heteroatoms. The summed E-state index contributed by atoms with van der Waals surface area (Å²) < 4.78 is 35.7. The van der Waals surface area contributed by atoms with Crippen LogP contribution in [0.5, 0.6) is 11.5 Å². The number of alkyl carbamates (subject to hydrolysis) is 1. The molecular weight excluding hydrogens is 962 g/mol. The summed E-state index contributed by atoms with van der Waals surface area (Å²) in [6.07, 6.45) is -7.80. The van der Waals surface area contributed by atoms with Gasteiger partial charge in [-0.15, -0.1) is 11.3 Å². The smallest absolute Gasteiger partial charge is 0.413 e. The maximum Gasteiger partial charge on any atom is 0.413 e. The molecule has 2 fully saturated rings. The molecule has 8 atom stereocenters. The molecule has 5 rings (SSSR count). The lowest BCUT2D eigenvalue weighted by atomic mass is 10.00. The van der Waals surface area contributed by atoms with Crippen LogP contribution in [0.1, 0.15) is 95.1 Å². The van der Waals surface area contributed by atoms with Gasteiger partial charge in [-0.2, -0.15) is 0 Å². The molecule has 6 amide bonds. The number of carbonyl (C=O) groups is 6. The summed E-state index contributed by atoms with van der Waals surface area (Å²) in [6, 6.07) is 11.2. The molecule has 0 unspecified atom stereocenters. The van der Waals surface area contributed by atoms with Crippen LogP contribution in [0.25, 0.3) is 0 Å². The molecule has 0 bridgehead atoms. The SMILES string of the molecule is C[C@H](O)[C@H](O)[C@@H](O)[C@@H](O)CN(CC(=O)NCCOC[C@@]12C[C@@H]1N(C(=O)CNC(=O)c1ccc(Oc3ccc(F)cc3)cc1)[C@H](C(=O)N[C@H](C)c1cc(C(=N)NC(=O)OC(C)(C)C)cs1)C2)C(=O)OC(C)(C)C. The topological polar surface area (TPSA) is 299 Å². The molecule has 72 heavy (non-hydrogen) atoms. The molecule has 1 aliphatic carbocycles. The third-order valence-corrected chi connectivity index (χ3v) is 12.6. The number of aliphatic hydroxyl groups is 4. The number of piperidine rings is 1. The second-order valence-corrected chi connectivity index (χ2v) is 20.8. The van der Waals surface area contributed by atoms with E-state index in [4.69, 9.17) is 24.4 Å². The summed E-state index contributed by atoms with van der Waals surface area (Å²) in [5.41, 5.74) is -1.77. The lowest BCUT2D eigenvalue weighted by Gasteiger charge is -2.31. The van der Waals surface area contributed by atoms with Gasteiger partial charge in [-0.05, 0) is 123 Å². The largest absolute Gasteiger partial charge is 0.457 e. The van der Waals surface area contributed by atoms with E-state index in [0.29, 0.717) is 28.4 Å². The molecule has 394 valence electrons. The third kappa shape index (κ3) is 16.1. The fourth-order valence-electron chi connectivity index (χ4n) is 7.80. The molecule has 2 heterocycles. The normalized spacial score (nSPS) is 19.3. The quantitative estimate of drug-likeness (QED) is 0.0421. The summed E-state index contributed by atoms with van der Waals surface area (Å²) in [5, 5.41) is 61.2. The highest BCUT2D eigenvalue weighted by atomic mass is 32.1. The van der Waals surface area contributed by atoms with Crippen LogP contribution in [-0.2, 0) is 28.6 Å². The Hall–Kier alpha value is -6.24. The number of carbonyl (C=O) groups excluding carboxylic acids is 6. The van der Waals surface area contributed by atoms with E-state index in [-0.39, 0.29) is 37.6 Å². The number of ether oxygens (including phenoxy) is 4. The van der Waals surface area contributed by atoms with Crippen LogP contribution in [0.15, 0.2) is 60.0 Å². The van der Waals surface area contributed by atoms with Gasteiger partial charge in [-0.1, -0.05) is 0 Å². The van der Waals surface area contributed by atoms with Gasteiger partial charge in [0, 0.05) is 39.4 Å². The number of nitrogens with zero attached hydrogens (tertiary/aromatic N) is 2. The molecule has 0 radical (unpaired) electrons. The molecular formula is C49H66FN7O14S. The number of aliphatic hydroxyl groups excluding tert-OH is 4. The van der Waals surface area contributed by atoms with Crippen molar-refractivity contribution in [2.75, 3.05) is 39.4 Å². The van der Waals surface area contributed by atoms with Gasteiger partial charge in [0.15, 0.2) is 0 Å². The van der Waals surface area contributed by atoms with E-state index in [1.807, 2.05) is 0 Å². The number of fused-ring (bicyclic) bond motifs is 1. The predicted octanol–water partition coefficient (Wildman–Crippen LogP) is 3.33.